The van der Waals surface area contributed by atoms with Crippen molar-refractivity contribution in [3.8, 4) is 0 Å². The smallest absolute Gasteiger partial charge is 0.337 e. The molecule has 1 aliphatic rings. The zero-order valence-corrected chi connectivity index (χ0v) is 12.5. The Balaban J connectivity index is 1.87. The van der Waals surface area contributed by atoms with Crippen molar-refractivity contribution in [3.05, 3.63) is 29.8 Å². The third kappa shape index (κ3) is 4.21. The summed E-state index contributed by atoms with van der Waals surface area (Å²) in [5.41, 5.74) is 1.29. The second-order valence-corrected chi connectivity index (χ2v) is 5.42. The Bertz CT molecular complexity index is 493. The minimum Gasteiger partial charge on any atom is -0.465 e. The van der Waals surface area contributed by atoms with Gasteiger partial charge in [-0.3, -0.25) is 4.79 Å². The fraction of sp³-hybridized carbons (Fsp3) is 0.500. The van der Waals surface area contributed by atoms with E-state index in [9.17, 15) is 9.59 Å². The number of benzene rings is 1. The molecule has 0 aliphatic heterocycles. The zero-order valence-electron chi connectivity index (χ0n) is 12.5. The lowest BCUT2D eigenvalue weighted by Gasteiger charge is -2.18. The molecule has 114 valence electrons. The first-order valence-corrected chi connectivity index (χ1v) is 7.35. The lowest BCUT2D eigenvalue weighted by molar-refractivity contribution is -0.122. The van der Waals surface area contributed by atoms with E-state index in [-0.39, 0.29) is 17.9 Å². The van der Waals surface area contributed by atoms with E-state index in [1.807, 2.05) is 6.92 Å². The fourth-order valence-electron chi connectivity index (χ4n) is 2.53. The Labute approximate surface area is 125 Å². The van der Waals surface area contributed by atoms with Crippen LogP contribution in [0.2, 0.25) is 0 Å². The number of hydrogen-bond donors (Lipinski definition) is 2. The first-order chi connectivity index (χ1) is 10.1. The summed E-state index contributed by atoms with van der Waals surface area (Å²) >= 11 is 0. The van der Waals surface area contributed by atoms with E-state index in [1.54, 1.807) is 24.3 Å². The minimum absolute atomic E-state index is 0.0129. The number of ether oxygens (including phenoxy) is 1. The molecular weight excluding hydrogens is 268 g/mol. The number of carbonyl (C=O) groups excluding carboxylic acids is 2. The van der Waals surface area contributed by atoms with Gasteiger partial charge in [0, 0.05) is 11.7 Å². The summed E-state index contributed by atoms with van der Waals surface area (Å²) in [5, 5.41) is 6.20. The third-order valence-corrected chi connectivity index (χ3v) is 3.78. The zero-order chi connectivity index (χ0) is 15.2. The molecule has 1 aromatic carbocycles. The van der Waals surface area contributed by atoms with E-state index in [4.69, 9.17) is 0 Å². The van der Waals surface area contributed by atoms with Crippen LogP contribution in [0, 0.1) is 0 Å². The van der Waals surface area contributed by atoms with Gasteiger partial charge in [0.05, 0.1) is 12.7 Å². The molecule has 1 aromatic rings. The molecule has 1 aliphatic carbocycles. The standard InChI is InChI=1S/C16H22N2O3/c1-11(15(19)18-13-5-3-4-6-13)17-14-9-7-12(8-10-14)16(20)21-2/h7-11,13,17H,3-6H2,1-2H3,(H,18,19)/t11-/m0/s1. The van der Waals surface area contributed by atoms with Gasteiger partial charge in [0.1, 0.15) is 6.04 Å². The van der Waals surface area contributed by atoms with E-state index in [1.165, 1.54) is 20.0 Å². The van der Waals surface area contributed by atoms with Gasteiger partial charge in [-0.05, 0) is 44.0 Å². The van der Waals surface area contributed by atoms with E-state index >= 15 is 0 Å². The highest BCUT2D eigenvalue weighted by Crippen LogP contribution is 2.18. The maximum Gasteiger partial charge on any atom is 0.337 e. The number of carbonyl (C=O) groups is 2. The molecule has 21 heavy (non-hydrogen) atoms. The molecule has 1 fully saturated rings. The average Bonchev–Trinajstić information content (AvgIpc) is 3.00. The van der Waals surface area contributed by atoms with E-state index in [2.05, 4.69) is 15.4 Å². The Kier molecular flexibility index (Phi) is 5.20. The van der Waals surface area contributed by atoms with Crippen LogP contribution in [0.3, 0.4) is 0 Å². The summed E-state index contributed by atoms with van der Waals surface area (Å²) < 4.78 is 4.65. The van der Waals surface area contributed by atoms with Gasteiger partial charge in [-0.2, -0.15) is 0 Å². The van der Waals surface area contributed by atoms with Crippen molar-refractivity contribution in [1.29, 1.82) is 0 Å². The summed E-state index contributed by atoms with van der Waals surface area (Å²) in [4.78, 5) is 23.4. The van der Waals surface area contributed by atoms with Crippen molar-refractivity contribution in [1.82, 2.24) is 5.32 Å². The number of esters is 1. The third-order valence-electron chi connectivity index (χ3n) is 3.78. The van der Waals surface area contributed by atoms with Gasteiger partial charge >= 0.3 is 5.97 Å². The van der Waals surface area contributed by atoms with Gasteiger partial charge in [0.25, 0.3) is 0 Å². The molecule has 5 heteroatoms. The van der Waals surface area contributed by atoms with Crippen LogP contribution in [0.15, 0.2) is 24.3 Å². The lowest BCUT2D eigenvalue weighted by atomic mass is 10.2. The van der Waals surface area contributed by atoms with Crippen LogP contribution in [0.25, 0.3) is 0 Å². The first kappa shape index (κ1) is 15.4. The molecule has 0 unspecified atom stereocenters. The van der Waals surface area contributed by atoms with Gasteiger partial charge in [-0.1, -0.05) is 12.8 Å². The predicted molar refractivity (Wildman–Crippen MR) is 81.3 cm³/mol. The van der Waals surface area contributed by atoms with Gasteiger partial charge in [0.15, 0.2) is 0 Å². The first-order valence-electron chi connectivity index (χ1n) is 7.35. The molecule has 5 nitrogen and oxygen atoms in total. The number of anilines is 1. The van der Waals surface area contributed by atoms with Crippen LogP contribution < -0.4 is 10.6 Å². The molecule has 1 amide bonds. The van der Waals surface area contributed by atoms with Gasteiger partial charge in [-0.15, -0.1) is 0 Å². The number of hydrogen-bond acceptors (Lipinski definition) is 4. The normalized spacial score (nSPS) is 16.3. The molecule has 0 aromatic heterocycles. The Hall–Kier alpha value is -2.04. The summed E-state index contributed by atoms with van der Waals surface area (Å²) in [6, 6.07) is 6.90. The van der Waals surface area contributed by atoms with Crippen molar-refractivity contribution in [2.75, 3.05) is 12.4 Å². The molecule has 0 radical (unpaired) electrons. The second-order valence-electron chi connectivity index (χ2n) is 5.42. The maximum absolute atomic E-state index is 12.1. The average molecular weight is 290 g/mol. The van der Waals surface area contributed by atoms with Gasteiger partial charge < -0.3 is 15.4 Å². The summed E-state index contributed by atoms with van der Waals surface area (Å²) in [5.74, 6) is -0.354. The molecule has 0 spiro atoms. The number of methoxy groups -OCH3 is 1. The van der Waals surface area contributed by atoms with Crippen molar-refractivity contribution >= 4 is 17.6 Å². The molecule has 0 heterocycles. The highest BCUT2D eigenvalue weighted by molar-refractivity contribution is 5.90. The number of amides is 1. The monoisotopic (exact) mass is 290 g/mol. The molecule has 1 saturated carbocycles. The molecular formula is C16H22N2O3. The highest BCUT2D eigenvalue weighted by Gasteiger charge is 2.20. The van der Waals surface area contributed by atoms with Crippen LogP contribution in [-0.2, 0) is 9.53 Å². The molecule has 2 rings (SSSR count). The van der Waals surface area contributed by atoms with Gasteiger partial charge in [0.2, 0.25) is 5.91 Å². The molecule has 0 bridgehead atoms. The van der Waals surface area contributed by atoms with Crippen molar-refractivity contribution in [3.63, 3.8) is 0 Å². The van der Waals surface area contributed by atoms with Crippen LogP contribution in [-0.4, -0.2) is 31.1 Å². The molecule has 0 saturated heterocycles. The SMILES string of the molecule is COC(=O)c1ccc(N[C@@H](C)C(=O)NC2CCCC2)cc1. The summed E-state index contributed by atoms with van der Waals surface area (Å²) in [6.45, 7) is 1.83. The molecule has 1 atom stereocenters. The van der Waals surface area contributed by atoms with Gasteiger partial charge in [-0.25, -0.2) is 4.79 Å². The van der Waals surface area contributed by atoms with E-state index < -0.39 is 0 Å². The van der Waals surface area contributed by atoms with E-state index in [0.717, 1.165) is 18.5 Å². The fourth-order valence-corrected chi connectivity index (χ4v) is 2.53. The maximum atomic E-state index is 12.1. The molecule has 2 N–H and O–H groups in total. The van der Waals surface area contributed by atoms with Crippen LogP contribution in [0.5, 0.6) is 0 Å². The quantitative estimate of drug-likeness (QED) is 0.817. The van der Waals surface area contributed by atoms with E-state index in [0.29, 0.717) is 11.6 Å². The lowest BCUT2D eigenvalue weighted by Crippen LogP contribution is -2.42. The predicted octanol–water partition coefficient (Wildman–Crippen LogP) is 2.33. The minimum atomic E-state index is -0.367. The Morgan fingerprint density at radius 3 is 2.38 bits per heavy atom. The summed E-state index contributed by atoms with van der Waals surface area (Å²) in [6.07, 6.45) is 4.54. The van der Waals surface area contributed by atoms with Crippen LogP contribution in [0.4, 0.5) is 5.69 Å². The number of rotatable bonds is 5. The van der Waals surface area contributed by atoms with Crippen LogP contribution in [0.1, 0.15) is 43.0 Å². The highest BCUT2D eigenvalue weighted by atomic mass is 16.5. The Morgan fingerprint density at radius 2 is 1.81 bits per heavy atom. The Morgan fingerprint density at radius 1 is 1.19 bits per heavy atom. The second kappa shape index (κ2) is 7.11. The van der Waals surface area contributed by atoms with Crippen molar-refractivity contribution in [2.24, 2.45) is 0 Å². The van der Waals surface area contributed by atoms with Crippen molar-refractivity contribution in [2.45, 2.75) is 44.7 Å². The summed E-state index contributed by atoms with van der Waals surface area (Å²) in [7, 11) is 1.35. The van der Waals surface area contributed by atoms with Crippen molar-refractivity contribution < 1.29 is 14.3 Å². The topological polar surface area (TPSA) is 67.4 Å². The largest absolute Gasteiger partial charge is 0.465 e. The number of nitrogens with one attached hydrogen (secondary N) is 2. The van der Waals surface area contributed by atoms with Crippen LogP contribution >= 0.6 is 0 Å².